The lowest BCUT2D eigenvalue weighted by molar-refractivity contribution is 0.0403. The minimum absolute atomic E-state index is 0.215. The summed E-state index contributed by atoms with van der Waals surface area (Å²) < 4.78 is 5.30. The third-order valence-electron chi connectivity index (χ3n) is 4.49. The van der Waals surface area contributed by atoms with Gasteiger partial charge in [-0.2, -0.15) is 0 Å². The molecule has 1 aliphatic carbocycles. The molecule has 0 spiro atoms. The summed E-state index contributed by atoms with van der Waals surface area (Å²) in [6.45, 7) is 7.19. The summed E-state index contributed by atoms with van der Waals surface area (Å²) in [6.07, 6.45) is 1.35. The van der Waals surface area contributed by atoms with Gasteiger partial charge in [0, 0.05) is 0 Å². The topological polar surface area (TPSA) is 75.7 Å². The average molecular weight is 344 g/mol. The fraction of sp³-hybridized carbons (Fsp3) is 0.526. The van der Waals surface area contributed by atoms with E-state index in [1.54, 1.807) is 45.0 Å². The van der Waals surface area contributed by atoms with Crippen LogP contribution in [0.2, 0.25) is 0 Å². The second-order valence-electron chi connectivity index (χ2n) is 7.79. The highest BCUT2D eigenvalue weighted by atomic mass is 16.6. The number of nitrogens with zero attached hydrogens (tertiary/aromatic N) is 1. The standard InChI is InChI=1S/C19H24N2O4/c1-11(20-18(24)25-19(2,3)4)15(12-9-10-12)21-16(22)13-7-5-6-8-14(13)17(21)23/h5-8,11-12,15H,9-10H2,1-4H3,(H,20,24)/t11-,15-/m1/s1. The van der Waals surface area contributed by atoms with Gasteiger partial charge in [0.25, 0.3) is 11.8 Å². The molecule has 6 heteroatoms. The third kappa shape index (κ3) is 3.52. The molecule has 1 saturated carbocycles. The zero-order chi connectivity index (χ0) is 18.4. The highest BCUT2D eigenvalue weighted by Gasteiger charge is 2.48. The molecule has 0 bridgehead atoms. The first-order valence-corrected chi connectivity index (χ1v) is 8.65. The summed E-state index contributed by atoms with van der Waals surface area (Å²) in [5.41, 5.74) is 0.263. The average Bonchev–Trinajstić information content (AvgIpc) is 3.30. The van der Waals surface area contributed by atoms with Crippen LogP contribution in [0.4, 0.5) is 4.79 Å². The number of hydrogen-bond donors (Lipinski definition) is 1. The number of amides is 3. The van der Waals surface area contributed by atoms with Crippen molar-refractivity contribution in [1.29, 1.82) is 0 Å². The number of imide groups is 1. The van der Waals surface area contributed by atoms with Crippen molar-refractivity contribution in [3.63, 3.8) is 0 Å². The molecule has 25 heavy (non-hydrogen) atoms. The number of alkyl carbamates (subject to hydrolysis) is 1. The zero-order valence-electron chi connectivity index (χ0n) is 15.0. The summed E-state index contributed by atoms with van der Waals surface area (Å²) >= 11 is 0. The van der Waals surface area contributed by atoms with E-state index in [0.717, 1.165) is 12.8 Å². The molecule has 3 amide bonds. The summed E-state index contributed by atoms with van der Waals surface area (Å²) in [6, 6.07) is 6.10. The lowest BCUT2D eigenvalue weighted by Crippen LogP contribution is -2.54. The predicted molar refractivity (Wildman–Crippen MR) is 92.3 cm³/mol. The Morgan fingerprint density at radius 1 is 1.16 bits per heavy atom. The van der Waals surface area contributed by atoms with Gasteiger partial charge in [0.05, 0.1) is 23.2 Å². The molecule has 1 aromatic carbocycles. The molecule has 6 nitrogen and oxygen atoms in total. The second-order valence-corrected chi connectivity index (χ2v) is 7.79. The second kappa shape index (κ2) is 6.17. The Bertz CT molecular complexity index is 683. The lowest BCUT2D eigenvalue weighted by Gasteiger charge is -2.32. The fourth-order valence-electron chi connectivity index (χ4n) is 3.34. The van der Waals surface area contributed by atoms with Crippen LogP contribution in [0.15, 0.2) is 24.3 Å². The molecular formula is C19H24N2O4. The first kappa shape index (κ1) is 17.5. The van der Waals surface area contributed by atoms with Crippen molar-refractivity contribution in [2.75, 3.05) is 0 Å². The van der Waals surface area contributed by atoms with Crippen LogP contribution in [0, 0.1) is 5.92 Å². The molecule has 1 fully saturated rings. The van der Waals surface area contributed by atoms with Gasteiger partial charge in [-0.3, -0.25) is 14.5 Å². The Morgan fingerprint density at radius 2 is 1.68 bits per heavy atom. The zero-order valence-corrected chi connectivity index (χ0v) is 15.0. The quantitative estimate of drug-likeness (QED) is 0.852. The maximum absolute atomic E-state index is 12.8. The van der Waals surface area contributed by atoms with Gasteiger partial charge in [-0.15, -0.1) is 0 Å². The lowest BCUT2D eigenvalue weighted by atomic mass is 10.0. The number of ether oxygens (including phenoxy) is 1. The van der Waals surface area contributed by atoms with E-state index in [-0.39, 0.29) is 29.8 Å². The Balaban J connectivity index is 1.80. The van der Waals surface area contributed by atoms with E-state index in [1.807, 2.05) is 6.92 Å². The minimum atomic E-state index is -0.603. The van der Waals surface area contributed by atoms with Crippen molar-refractivity contribution in [3.8, 4) is 0 Å². The molecule has 2 aliphatic rings. The number of carbonyl (C=O) groups is 3. The van der Waals surface area contributed by atoms with Crippen LogP contribution in [-0.2, 0) is 4.74 Å². The van der Waals surface area contributed by atoms with E-state index in [4.69, 9.17) is 4.74 Å². The molecule has 2 atom stereocenters. The highest BCUT2D eigenvalue weighted by molar-refractivity contribution is 6.21. The molecular weight excluding hydrogens is 320 g/mol. The Morgan fingerprint density at radius 3 is 2.12 bits per heavy atom. The summed E-state index contributed by atoms with van der Waals surface area (Å²) in [4.78, 5) is 38.9. The molecule has 1 aromatic rings. The number of nitrogens with one attached hydrogen (secondary N) is 1. The van der Waals surface area contributed by atoms with Crippen molar-refractivity contribution in [2.45, 2.75) is 58.2 Å². The van der Waals surface area contributed by atoms with Crippen molar-refractivity contribution >= 4 is 17.9 Å². The Kier molecular flexibility index (Phi) is 4.31. The molecule has 1 N–H and O–H groups in total. The van der Waals surface area contributed by atoms with Gasteiger partial charge in [-0.05, 0) is 58.6 Å². The molecule has 0 unspecified atom stereocenters. The van der Waals surface area contributed by atoms with E-state index < -0.39 is 11.7 Å². The number of rotatable bonds is 4. The van der Waals surface area contributed by atoms with Crippen LogP contribution in [0.3, 0.4) is 0 Å². The van der Waals surface area contributed by atoms with Gasteiger partial charge < -0.3 is 10.1 Å². The van der Waals surface area contributed by atoms with Gasteiger partial charge in [0.2, 0.25) is 0 Å². The molecule has 0 aromatic heterocycles. The number of benzene rings is 1. The smallest absolute Gasteiger partial charge is 0.407 e. The van der Waals surface area contributed by atoms with Crippen molar-refractivity contribution in [2.24, 2.45) is 5.92 Å². The molecule has 134 valence electrons. The van der Waals surface area contributed by atoms with Crippen LogP contribution < -0.4 is 5.32 Å². The van der Waals surface area contributed by atoms with Crippen LogP contribution in [0.25, 0.3) is 0 Å². The van der Waals surface area contributed by atoms with E-state index in [2.05, 4.69) is 5.32 Å². The first-order valence-electron chi connectivity index (χ1n) is 8.65. The van der Waals surface area contributed by atoms with Crippen molar-refractivity contribution in [3.05, 3.63) is 35.4 Å². The van der Waals surface area contributed by atoms with Crippen LogP contribution in [0.1, 0.15) is 61.3 Å². The summed E-state index contributed by atoms with van der Waals surface area (Å²) in [5, 5.41) is 2.80. The normalized spacial score (nSPS) is 19.4. The third-order valence-corrected chi connectivity index (χ3v) is 4.49. The molecule has 0 saturated heterocycles. The molecule has 0 radical (unpaired) electrons. The molecule has 3 rings (SSSR count). The Labute approximate surface area is 147 Å². The Hall–Kier alpha value is -2.37. The number of fused-ring (bicyclic) bond motifs is 1. The molecule has 1 heterocycles. The van der Waals surface area contributed by atoms with Crippen LogP contribution in [0.5, 0.6) is 0 Å². The summed E-state index contributed by atoms with van der Waals surface area (Å²) in [7, 11) is 0. The molecule has 1 aliphatic heterocycles. The number of carbonyl (C=O) groups excluding carboxylic acids is 3. The monoisotopic (exact) mass is 344 g/mol. The first-order chi connectivity index (χ1) is 11.7. The number of hydrogen-bond acceptors (Lipinski definition) is 4. The maximum Gasteiger partial charge on any atom is 0.407 e. The van der Waals surface area contributed by atoms with Crippen LogP contribution >= 0.6 is 0 Å². The minimum Gasteiger partial charge on any atom is -0.444 e. The van der Waals surface area contributed by atoms with Crippen LogP contribution in [-0.4, -0.2) is 40.5 Å². The van der Waals surface area contributed by atoms with E-state index in [1.165, 1.54) is 4.90 Å². The van der Waals surface area contributed by atoms with Gasteiger partial charge in [-0.1, -0.05) is 12.1 Å². The van der Waals surface area contributed by atoms with E-state index in [0.29, 0.717) is 11.1 Å². The van der Waals surface area contributed by atoms with E-state index in [9.17, 15) is 14.4 Å². The van der Waals surface area contributed by atoms with Crippen molar-refractivity contribution in [1.82, 2.24) is 10.2 Å². The predicted octanol–water partition coefficient (Wildman–Crippen LogP) is 2.97. The van der Waals surface area contributed by atoms with Gasteiger partial charge >= 0.3 is 6.09 Å². The van der Waals surface area contributed by atoms with Crippen molar-refractivity contribution < 1.29 is 19.1 Å². The largest absolute Gasteiger partial charge is 0.444 e. The van der Waals surface area contributed by atoms with Gasteiger partial charge in [0.1, 0.15) is 5.60 Å². The summed E-state index contributed by atoms with van der Waals surface area (Å²) in [5.74, 6) is -0.349. The van der Waals surface area contributed by atoms with Gasteiger partial charge in [-0.25, -0.2) is 4.79 Å². The maximum atomic E-state index is 12.8. The van der Waals surface area contributed by atoms with E-state index >= 15 is 0 Å². The van der Waals surface area contributed by atoms with Gasteiger partial charge in [0.15, 0.2) is 0 Å². The SMILES string of the molecule is C[C@@H](NC(=O)OC(C)(C)C)[C@H](C1CC1)N1C(=O)c2ccccc2C1=O. The highest BCUT2D eigenvalue weighted by Crippen LogP contribution is 2.40. The fourth-order valence-corrected chi connectivity index (χ4v) is 3.34.